The lowest BCUT2D eigenvalue weighted by Gasteiger charge is -2.34. The summed E-state index contributed by atoms with van der Waals surface area (Å²) < 4.78 is 27.7. The molecule has 1 unspecified atom stereocenters. The molecule has 2 saturated heterocycles. The van der Waals surface area contributed by atoms with Gasteiger partial charge in [-0.05, 0) is 50.7 Å². The number of carbonyl (C=O) groups is 2. The predicted octanol–water partition coefficient (Wildman–Crippen LogP) is 2.30. The summed E-state index contributed by atoms with van der Waals surface area (Å²) in [5.41, 5.74) is 1.01. The molecule has 0 spiro atoms. The second-order valence-electron chi connectivity index (χ2n) is 8.49. The number of aryl methyl sites for hydroxylation is 1. The first-order valence-corrected chi connectivity index (χ1v) is 12.5. The molecule has 0 radical (unpaired) electrons. The molecule has 2 heterocycles. The Balaban J connectivity index is 1.52. The fraction of sp³-hybridized carbons (Fsp3) is 0.636. The molecule has 0 aliphatic carbocycles. The van der Waals surface area contributed by atoms with E-state index in [1.165, 1.54) is 0 Å². The van der Waals surface area contributed by atoms with Gasteiger partial charge >= 0.3 is 0 Å². The molecule has 0 aromatic heterocycles. The van der Waals surface area contributed by atoms with E-state index < -0.39 is 10.0 Å². The number of rotatable bonds is 6. The van der Waals surface area contributed by atoms with E-state index in [1.807, 2.05) is 6.92 Å². The van der Waals surface area contributed by atoms with Gasteiger partial charge in [0.2, 0.25) is 21.8 Å². The van der Waals surface area contributed by atoms with E-state index in [0.29, 0.717) is 32.6 Å². The Morgan fingerprint density at radius 2 is 1.80 bits per heavy atom. The zero-order valence-electron chi connectivity index (χ0n) is 17.8. The van der Waals surface area contributed by atoms with Crippen LogP contribution in [0.4, 0.5) is 0 Å². The van der Waals surface area contributed by atoms with Crippen molar-refractivity contribution in [2.45, 2.75) is 56.8 Å². The number of hydrogen-bond donors (Lipinski definition) is 1. The van der Waals surface area contributed by atoms with E-state index >= 15 is 0 Å². The first-order valence-electron chi connectivity index (χ1n) is 11.0. The number of carbonyl (C=O) groups excluding carboxylic acids is 2. The average molecular weight is 436 g/mol. The number of likely N-dealkylation sites (tertiary alicyclic amines) is 2. The van der Waals surface area contributed by atoms with Crippen LogP contribution in [-0.2, 0) is 19.6 Å². The molecule has 1 atom stereocenters. The Morgan fingerprint density at radius 1 is 1.07 bits per heavy atom. The molecule has 2 aliphatic heterocycles. The maximum atomic E-state index is 12.8. The summed E-state index contributed by atoms with van der Waals surface area (Å²) in [5.74, 6) is 0.114. The van der Waals surface area contributed by atoms with Crippen LogP contribution in [0.25, 0.3) is 0 Å². The molecule has 166 valence electrons. The van der Waals surface area contributed by atoms with E-state index in [0.717, 1.165) is 44.1 Å². The first kappa shape index (κ1) is 22.7. The standard InChI is InChI=1S/C22H33N3O4S/c1-18-9-11-20(12-10-18)30(28,29)23-15-19-7-6-14-24(16-19)22(27)17-25-13-5-3-2-4-8-21(25)26/h9-12,19,23H,2-8,13-17H2,1H3. The molecule has 8 heteroatoms. The Morgan fingerprint density at radius 3 is 2.57 bits per heavy atom. The van der Waals surface area contributed by atoms with Crippen molar-refractivity contribution in [1.82, 2.24) is 14.5 Å². The fourth-order valence-corrected chi connectivity index (χ4v) is 5.25. The van der Waals surface area contributed by atoms with Crippen molar-refractivity contribution in [3.05, 3.63) is 29.8 Å². The maximum Gasteiger partial charge on any atom is 0.242 e. The quantitative estimate of drug-likeness (QED) is 0.743. The van der Waals surface area contributed by atoms with Gasteiger partial charge in [0.05, 0.1) is 11.4 Å². The first-order chi connectivity index (χ1) is 14.3. The predicted molar refractivity (Wildman–Crippen MR) is 115 cm³/mol. The number of benzene rings is 1. The van der Waals surface area contributed by atoms with Crippen LogP contribution >= 0.6 is 0 Å². The Bertz CT molecular complexity index is 838. The second-order valence-corrected chi connectivity index (χ2v) is 10.3. The molecule has 2 amide bonds. The highest BCUT2D eigenvalue weighted by atomic mass is 32.2. The van der Waals surface area contributed by atoms with Gasteiger partial charge in [-0.25, -0.2) is 13.1 Å². The smallest absolute Gasteiger partial charge is 0.242 e. The van der Waals surface area contributed by atoms with Gasteiger partial charge in [-0.2, -0.15) is 0 Å². The lowest BCUT2D eigenvalue weighted by atomic mass is 9.98. The van der Waals surface area contributed by atoms with Crippen LogP contribution in [0.3, 0.4) is 0 Å². The van der Waals surface area contributed by atoms with Crippen LogP contribution < -0.4 is 4.72 Å². The van der Waals surface area contributed by atoms with Gasteiger partial charge in [-0.15, -0.1) is 0 Å². The fourth-order valence-electron chi connectivity index (χ4n) is 4.13. The van der Waals surface area contributed by atoms with Crippen molar-refractivity contribution >= 4 is 21.8 Å². The van der Waals surface area contributed by atoms with Crippen LogP contribution in [0.2, 0.25) is 0 Å². The van der Waals surface area contributed by atoms with E-state index in [1.54, 1.807) is 34.1 Å². The summed E-state index contributed by atoms with van der Waals surface area (Å²) >= 11 is 0. The van der Waals surface area contributed by atoms with Gasteiger partial charge in [0.1, 0.15) is 0 Å². The minimum absolute atomic E-state index is 0.0324. The maximum absolute atomic E-state index is 12.8. The summed E-state index contributed by atoms with van der Waals surface area (Å²) in [6.45, 7) is 4.21. The van der Waals surface area contributed by atoms with Crippen molar-refractivity contribution in [2.24, 2.45) is 5.92 Å². The van der Waals surface area contributed by atoms with E-state index in [2.05, 4.69) is 4.72 Å². The van der Waals surface area contributed by atoms with Crippen molar-refractivity contribution in [1.29, 1.82) is 0 Å². The molecule has 0 bridgehead atoms. The van der Waals surface area contributed by atoms with E-state index in [4.69, 9.17) is 0 Å². The van der Waals surface area contributed by atoms with Gasteiger partial charge in [0, 0.05) is 32.6 Å². The molecule has 30 heavy (non-hydrogen) atoms. The molecule has 1 aromatic rings. The average Bonchev–Trinajstić information content (AvgIpc) is 2.72. The molecular weight excluding hydrogens is 402 g/mol. The minimum atomic E-state index is -3.56. The van der Waals surface area contributed by atoms with Gasteiger partial charge in [-0.3, -0.25) is 9.59 Å². The van der Waals surface area contributed by atoms with E-state index in [9.17, 15) is 18.0 Å². The number of hydrogen-bond acceptors (Lipinski definition) is 4. The summed E-state index contributed by atoms with van der Waals surface area (Å²) in [7, 11) is -3.56. The highest BCUT2D eigenvalue weighted by Gasteiger charge is 2.27. The molecule has 2 fully saturated rings. The molecule has 3 rings (SSSR count). The summed E-state index contributed by atoms with van der Waals surface area (Å²) in [4.78, 5) is 28.8. The van der Waals surface area contributed by atoms with Crippen molar-refractivity contribution in [2.75, 3.05) is 32.7 Å². The van der Waals surface area contributed by atoms with Crippen molar-refractivity contribution in [3.63, 3.8) is 0 Å². The Hall–Kier alpha value is -1.93. The van der Waals surface area contributed by atoms with Gasteiger partial charge in [-0.1, -0.05) is 30.5 Å². The SMILES string of the molecule is Cc1ccc(S(=O)(=O)NCC2CCCN(C(=O)CN3CCCCCCC3=O)C2)cc1. The van der Waals surface area contributed by atoms with Crippen molar-refractivity contribution in [3.8, 4) is 0 Å². The molecule has 0 saturated carbocycles. The lowest BCUT2D eigenvalue weighted by molar-refractivity contribution is -0.142. The Labute approximate surface area is 179 Å². The molecular formula is C22H33N3O4S. The lowest BCUT2D eigenvalue weighted by Crippen LogP contribution is -2.48. The zero-order valence-corrected chi connectivity index (χ0v) is 18.6. The summed E-state index contributed by atoms with van der Waals surface area (Å²) in [6, 6.07) is 6.77. The number of nitrogens with zero attached hydrogens (tertiary/aromatic N) is 2. The Kier molecular flexibility index (Phi) is 7.88. The highest BCUT2D eigenvalue weighted by Crippen LogP contribution is 2.18. The third-order valence-corrected chi connectivity index (χ3v) is 7.45. The van der Waals surface area contributed by atoms with Crippen LogP contribution in [-0.4, -0.2) is 62.8 Å². The third-order valence-electron chi connectivity index (χ3n) is 6.01. The molecule has 1 aromatic carbocycles. The van der Waals surface area contributed by atoms with Crippen LogP contribution in [0.1, 0.15) is 50.5 Å². The van der Waals surface area contributed by atoms with Gasteiger partial charge < -0.3 is 9.80 Å². The molecule has 1 N–H and O–H groups in total. The minimum Gasteiger partial charge on any atom is -0.341 e. The molecule has 7 nitrogen and oxygen atoms in total. The largest absolute Gasteiger partial charge is 0.341 e. The number of nitrogens with one attached hydrogen (secondary N) is 1. The highest BCUT2D eigenvalue weighted by molar-refractivity contribution is 7.89. The van der Waals surface area contributed by atoms with Crippen LogP contribution in [0.15, 0.2) is 29.2 Å². The number of sulfonamides is 1. The summed E-state index contributed by atoms with van der Waals surface area (Å²) in [6.07, 6.45) is 6.28. The molecule has 2 aliphatic rings. The number of amides is 2. The number of piperidine rings is 1. The normalized spacial score (nSPS) is 21.2. The monoisotopic (exact) mass is 435 g/mol. The van der Waals surface area contributed by atoms with Crippen LogP contribution in [0.5, 0.6) is 0 Å². The van der Waals surface area contributed by atoms with E-state index in [-0.39, 0.29) is 29.2 Å². The van der Waals surface area contributed by atoms with Crippen molar-refractivity contribution < 1.29 is 18.0 Å². The van der Waals surface area contributed by atoms with Gasteiger partial charge in [0.25, 0.3) is 0 Å². The summed E-state index contributed by atoms with van der Waals surface area (Å²) in [5, 5.41) is 0. The third kappa shape index (κ3) is 6.28. The van der Waals surface area contributed by atoms with Crippen LogP contribution in [0, 0.1) is 12.8 Å². The second kappa shape index (κ2) is 10.4. The van der Waals surface area contributed by atoms with Gasteiger partial charge in [0.15, 0.2) is 0 Å². The topological polar surface area (TPSA) is 86.8 Å². The zero-order chi connectivity index (χ0) is 21.6.